The Hall–Kier alpha value is -2.17. The predicted octanol–water partition coefficient (Wildman–Crippen LogP) is 3.06. The van der Waals surface area contributed by atoms with Crippen LogP contribution in [0.25, 0.3) is 11.3 Å². The van der Waals surface area contributed by atoms with Gasteiger partial charge < -0.3 is 19.6 Å². The van der Waals surface area contributed by atoms with Gasteiger partial charge in [0.15, 0.2) is 5.76 Å². The highest BCUT2D eigenvalue weighted by Crippen LogP contribution is 2.35. The lowest BCUT2D eigenvalue weighted by Crippen LogP contribution is -1.93. The van der Waals surface area contributed by atoms with Gasteiger partial charge in [0.2, 0.25) is 0 Å². The monoisotopic (exact) mass is 262 g/mol. The minimum atomic E-state index is 0.167. The van der Waals surface area contributed by atoms with E-state index in [0.29, 0.717) is 17.3 Å². The molecule has 0 bridgehead atoms. The summed E-state index contributed by atoms with van der Waals surface area (Å²) in [6.07, 6.45) is 0. The van der Waals surface area contributed by atoms with Crippen LogP contribution in [0.5, 0.6) is 11.5 Å². The molecule has 5 heteroatoms. The van der Waals surface area contributed by atoms with Crippen LogP contribution in [-0.2, 0) is 0 Å². The summed E-state index contributed by atoms with van der Waals surface area (Å²) >= 11 is 0. The van der Waals surface area contributed by atoms with E-state index in [2.05, 4.69) is 4.98 Å². The Morgan fingerprint density at radius 2 is 1.68 bits per heavy atom. The molecule has 0 saturated heterocycles. The summed E-state index contributed by atoms with van der Waals surface area (Å²) in [6, 6.07) is 5.71. The zero-order chi connectivity index (χ0) is 14.0. The maximum atomic E-state index is 5.66. The lowest BCUT2D eigenvalue weighted by molar-refractivity contribution is 0.394. The molecule has 1 aromatic heterocycles. The van der Waals surface area contributed by atoms with Gasteiger partial charge in [-0.05, 0) is 18.1 Å². The zero-order valence-electron chi connectivity index (χ0n) is 11.6. The van der Waals surface area contributed by atoms with Crippen LogP contribution >= 0.6 is 0 Å². The maximum absolute atomic E-state index is 5.66. The number of oxazole rings is 1. The van der Waals surface area contributed by atoms with Crippen molar-refractivity contribution in [2.24, 2.45) is 0 Å². The van der Waals surface area contributed by atoms with Crippen LogP contribution in [0.1, 0.15) is 25.5 Å². The zero-order valence-corrected chi connectivity index (χ0v) is 11.6. The third-order valence-corrected chi connectivity index (χ3v) is 2.83. The molecule has 0 saturated carbocycles. The molecule has 19 heavy (non-hydrogen) atoms. The highest BCUT2D eigenvalue weighted by Gasteiger charge is 2.18. The summed E-state index contributed by atoms with van der Waals surface area (Å²) in [6.45, 7) is 4.08. The van der Waals surface area contributed by atoms with Gasteiger partial charge in [0.25, 0.3) is 6.01 Å². The third-order valence-electron chi connectivity index (χ3n) is 2.83. The van der Waals surface area contributed by atoms with Gasteiger partial charge in [-0.1, -0.05) is 13.8 Å². The Morgan fingerprint density at radius 1 is 1.11 bits per heavy atom. The van der Waals surface area contributed by atoms with Crippen molar-refractivity contribution in [3.05, 3.63) is 23.9 Å². The average Bonchev–Trinajstić information content (AvgIpc) is 2.80. The highest BCUT2D eigenvalue weighted by molar-refractivity contribution is 5.66. The van der Waals surface area contributed by atoms with Crippen LogP contribution in [0, 0.1) is 0 Å². The number of benzene rings is 1. The first-order chi connectivity index (χ1) is 9.05. The van der Waals surface area contributed by atoms with Gasteiger partial charge in [0.05, 0.1) is 19.9 Å². The van der Waals surface area contributed by atoms with Crippen LogP contribution in [0.2, 0.25) is 0 Å². The second-order valence-electron chi connectivity index (χ2n) is 4.52. The van der Waals surface area contributed by atoms with Crippen molar-refractivity contribution in [3.8, 4) is 22.8 Å². The first kappa shape index (κ1) is 13.3. The topological polar surface area (TPSA) is 70.5 Å². The first-order valence-electron chi connectivity index (χ1n) is 6.04. The van der Waals surface area contributed by atoms with E-state index in [-0.39, 0.29) is 11.9 Å². The highest BCUT2D eigenvalue weighted by atomic mass is 16.5. The van der Waals surface area contributed by atoms with Gasteiger partial charge in [-0.25, -0.2) is 0 Å². The van der Waals surface area contributed by atoms with Crippen LogP contribution in [0.3, 0.4) is 0 Å². The molecule has 1 heterocycles. The number of hydrogen-bond donors (Lipinski definition) is 1. The Bertz CT molecular complexity index is 554. The number of nitrogens with zero attached hydrogens (tertiary/aromatic N) is 1. The number of methoxy groups -OCH3 is 2. The number of nitrogen functional groups attached to an aromatic ring is 1. The molecule has 2 N–H and O–H groups in total. The lowest BCUT2D eigenvalue weighted by Gasteiger charge is -2.08. The van der Waals surface area contributed by atoms with Crippen molar-refractivity contribution in [2.75, 3.05) is 20.0 Å². The van der Waals surface area contributed by atoms with Crippen LogP contribution in [0.4, 0.5) is 6.01 Å². The summed E-state index contributed by atoms with van der Waals surface area (Å²) in [7, 11) is 3.22. The SMILES string of the molecule is COc1cc(OC)cc(-c2oc(N)nc2C(C)C)c1. The second-order valence-corrected chi connectivity index (χ2v) is 4.52. The van der Waals surface area contributed by atoms with E-state index in [1.807, 2.05) is 26.0 Å². The molecule has 0 unspecified atom stereocenters. The van der Waals surface area contributed by atoms with Gasteiger partial charge in [0.1, 0.15) is 11.5 Å². The van der Waals surface area contributed by atoms with Crippen molar-refractivity contribution in [1.82, 2.24) is 4.98 Å². The van der Waals surface area contributed by atoms with Crippen molar-refractivity contribution in [1.29, 1.82) is 0 Å². The molecular weight excluding hydrogens is 244 g/mol. The number of nitrogens with two attached hydrogens (primary N) is 1. The molecule has 2 aromatic rings. The van der Waals surface area contributed by atoms with E-state index in [1.165, 1.54) is 0 Å². The van der Waals surface area contributed by atoms with Gasteiger partial charge in [-0.3, -0.25) is 0 Å². The van der Waals surface area contributed by atoms with Crippen LogP contribution < -0.4 is 15.2 Å². The summed E-state index contributed by atoms with van der Waals surface area (Å²) in [4.78, 5) is 4.23. The van der Waals surface area contributed by atoms with Gasteiger partial charge in [-0.2, -0.15) is 4.98 Å². The molecule has 0 aliphatic rings. The standard InChI is InChI=1S/C14H18N2O3/c1-8(2)12-13(19-14(15)16-12)9-5-10(17-3)7-11(6-9)18-4/h5-8H,1-4H3,(H2,15,16). The third kappa shape index (κ3) is 2.65. The van der Waals surface area contributed by atoms with E-state index in [9.17, 15) is 0 Å². The minimum absolute atomic E-state index is 0.167. The van der Waals surface area contributed by atoms with Gasteiger partial charge in [0, 0.05) is 11.6 Å². The van der Waals surface area contributed by atoms with Crippen molar-refractivity contribution in [2.45, 2.75) is 19.8 Å². The molecule has 0 amide bonds. The van der Waals surface area contributed by atoms with Crippen LogP contribution in [0.15, 0.2) is 22.6 Å². The largest absolute Gasteiger partial charge is 0.497 e. The Balaban J connectivity index is 2.57. The Kier molecular flexibility index (Phi) is 3.64. The minimum Gasteiger partial charge on any atom is -0.497 e. The molecule has 0 aliphatic heterocycles. The molecule has 0 aliphatic carbocycles. The molecule has 2 rings (SSSR count). The molecule has 0 atom stereocenters. The maximum Gasteiger partial charge on any atom is 0.292 e. The number of aromatic nitrogens is 1. The van der Waals surface area contributed by atoms with E-state index >= 15 is 0 Å². The van der Waals surface area contributed by atoms with E-state index in [1.54, 1.807) is 20.3 Å². The Morgan fingerprint density at radius 3 is 2.16 bits per heavy atom. The van der Waals surface area contributed by atoms with Crippen LogP contribution in [-0.4, -0.2) is 19.2 Å². The fourth-order valence-corrected chi connectivity index (χ4v) is 1.89. The summed E-state index contributed by atoms with van der Waals surface area (Å²) in [5, 5.41) is 0. The molecule has 0 radical (unpaired) electrons. The number of rotatable bonds is 4. The molecule has 5 nitrogen and oxygen atoms in total. The molecule has 0 fully saturated rings. The van der Waals surface area contributed by atoms with E-state index in [0.717, 1.165) is 11.3 Å². The molecular formula is C14H18N2O3. The smallest absolute Gasteiger partial charge is 0.292 e. The number of anilines is 1. The fourth-order valence-electron chi connectivity index (χ4n) is 1.89. The summed E-state index contributed by atoms with van der Waals surface area (Å²) in [5.41, 5.74) is 7.32. The van der Waals surface area contributed by atoms with Gasteiger partial charge >= 0.3 is 0 Å². The molecule has 1 aromatic carbocycles. The predicted molar refractivity (Wildman–Crippen MR) is 73.5 cm³/mol. The first-order valence-corrected chi connectivity index (χ1v) is 6.04. The molecule has 0 spiro atoms. The number of ether oxygens (including phenoxy) is 2. The summed E-state index contributed by atoms with van der Waals surface area (Å²) < 4.78 is 16.0. The lowest BCUT2D eigenvalue weighted by atomic mass is 10.0. The van der Waals surface area contributed by atoms with Crippen molar-refractivity contribution in [3.63, 3.8) is 0 Å². The Labute approximate surface area is 112 Å². The van der Waals surface area contributed by atoms with Gasteiger partial charge in [-0.15, -0.1) is 0 Å². The average molecular weight is 262 g/mol. The normalized spacial score (nSPS) is 10.8. The van der Waals surface area contributed by atoms with Crippen molar-refractivity contribution >= 4 is 6.01 Å². The van der Waals surface area contributed by atoms with Crippen molar-refractivity contribution < 1.29 is 13.9 Å². The van der Waals surface area contributed by atoms with E-state index in [4.69, 9.17) is 19.6 Å². The quantitative estimate of drug-likeness (QED) is 0.916. The number of hydrogen-bond acceptors (Lipinski definition) is 5. The van der Waals surface area contributed by atoms with E-state index < -0.39 is 0 Å². The second kappa shape index (κ2) is 5.22. The summed E-state index contributed by atoms with van der Waals surface area (Å²) in [5.74, 6) is 2.26. The molecule has 102 valence electrons. The fraction of sp³-hybridized carbons (Fsp3) is 0.357.